The van der Waals surface area contributed by atoms with E-state index in [2.05, 4.69) is 4.98 Å². The lowest BCUT2D eigenvalue weighted by Gasteiger charge is -2.30. The number of pyridine rings is 1. The Kier molecular flexibility index (Phi) is 4.43. The molecule has 2 heterocycles. The van der Waals surface area contributed by atoms with E-state index in [1.54, 1.807) is 18.3 Å². The van der Waals surface area contributed by atoms with Crippen LogP contribution in [-0.2, 0) is 0 Å². The van der Waals surface area contributed by atoms with Crippen molar-refractivity contribution in [1.29, 1.82) is 0 Å². The predicted octanol–water partition coefficient (Wildman–Crippen LogP) is 2.00. The number of aromatic nitrogens is 1. The average molecular weight is 266 g/mol. The van der Waals surface area contributed by atoms with Crippen LogP contribution < -0.4 is 9.47 Å². The second-order valence-electron chi connectivity index (χ2n) is 4.35. The van der Waals surface area contributed by atoms with E-state index < -0.39 is 6.09 Å². The SMILES string of the molecule is CCOc1cccnc1OC1CCCN(C(=O)O)C1. The van der Waals surface area contributed by atoms with Crippen molar-refractivity contribution < 1.29 is 19.4 Å². The second kappa shape index (κ2) is 6.26. The van der Waals surface area contributed by atoms with Crippen LogP contribution in [0.4, 0.5) is 4.79 Å². The van der Waals surface area contributed by atoms with Crippen LogP contribution in [0.2, 0.25) is 0 Å². The molecular weight excluding hydrogens is 248 g/mol. The standard InChI is InChI=1S/C13H18N2O4/c1-2-18-11-6-3-7-14-12(11)19-10-5-4-8-15(9-10)13(16)17/h3,6-7,10H,2,4-5,8-9H2,1H3,(H,16,17). The number of nitrogens with zero attached hydrogens (tertiary/aromatic N) is 2. The molecule has 0 aliphatic carbocycles. The highest BCUT2D eigenvalue weighted by Crippen LogP contribution is 2.26. The quantitative estimate of drug-likeness (QED) is 0.902. The lowest BCUT2D eigenvalue weighted by atomic mass is 10.1. The zero-order chi connectivity index (χ0) is 13.7. The molecule has 0 saturated carbocycles. The topological polar surface area (TPSA) is 71.9 Å². The summed E-state index contributed by atoms with van der Waals surface area (Å²) in [4.78, 5) is 16.5. The average Bonchev–Trinajstić information content (AvgIpc) is 2.41. The first kappa shape index (κ1) is 13.5. The van der Waals surface area contributed by atoms with Gasteiger partial charge in [-0.15, -0.1) is 0 Å². The molecule has 1 aromatic heterocycles. The minimum atomic E-state index is -0.903. The molecule has 1 aromatic rings. The van der Waals surface area contributed by atoms with Crippen LogP contribution in [0.25, 0.3) is 0 Å². The zero-order valence-electron chi connectivity index (χ0n) is 10.9. The van der Waals surface area contributed by atoms with Crippen LogP contribution in [0, 0.1) is 0 Å². The summed E-state index contributed by atoms with van der Waals surface area (Å²) in [5.74, 6) is 1.03. The third-order valence-electron chi connectivity index (χ3n) is 2.96. The van der Waals surface area contributed by atoms with Crippen molar-refractivity contribution in [3.63, 3.8) is 0 Å². The first-order valence-corrected chi connectivity index (χ1v) is 6.43. The molecule has 2 rings (SSSR count). The van der Waals surface area contributed by atoms with Crippen molar-refractivity contribution in [1.82, 2.24) is 9.88 Å². The van der Waals surface area contributed by atoms with Crippen LogP contribution in [0.1, 0.15) is 19.8 Å². The molecule has 6 nitrogen and oxygen atoms in total. The number of carboxylic acid groups (broad SMARTS) is 1. The summed E-state index contributed by atoms with van der Waals surface area (Å²) in [5, 5.41) is 8.99. The molecule has 1 unspecified atom stereocenters. The number of amides is 1. The Labute approximate surface area is 112 Å². The Balaban J connectivity index is 2.02. The largest absolute Gasteiger partial charge is 0.488 e. The van der Waals surface area contributed by atoms with Gasteiger partial charge in [0.25, 0.3) is 5.88 Å². The summed E-state index contributed by atoms with van der Waals surface area (Å²) >= 11 is 0. The van der Waals surface area contributed by atoms with Crippen LogP contribution in [0.3, 0.4) is 0 Å². The number of hydrogen-bond donors (Lipinski definition) is 1. The summed E-state index contributed by atoms with van der Waals surface area (Å²) in [5.41, 5.74) is 0. The molecular formula is C13H18N2O4. The number of piperidine rings is 1. The molecule has 1 fully saturated rings. The van der Waals surface area contributed by atoms with Gasteiger partial charge in [0.05, 0.1) is 13.2 Å². The van der Waals surface area contributed by atoms with Crippen LogP contribution in [0.5, 0.6) is 11.6 Å². The zero-order valence-corrected chi connectivity index (χ0v) is 10.9. The van der Waals surface area contributed by atoms with Crippen LogP contribution in [0.15, 0.2) is 18.3 Å². The van der Waals surface area contributed by atoms with Gasteiger partial charge < -0.3 is 19.5 Å². The van der Waals surface area contributed by atoms with Crippen molar-refractivity contribution in [2.75, 3.05) is 19.7 Å². The summed E-state index contributed by atoms with van der Waals surface area (Å²) < 4.78 is 11.2. The maximum atomic E-state index is 11.0. The Morgan fingerprint density at radius 2 is 2.47 bits per heavy atom. The van der Waals surface area contributed by atoms with Crippen LogP contribution >= 0.6 is 0 Å². The van der Waals surface area contributed by atoms with E-state index in [9.17, 15) is 4.79 Å². The van der Waals surface area contributed by atoms with Gasteiger partial charge in [0, 0.05) is 12.7 Å². The third-order valence-corrected chi connectivity index (χ3v) is 2.96. The minimum Gasteiger partial charge on any atom is -0.488 e. The summed E-state index contributed by atoms with van der Waals surface area (Å²) in [6.07, 6.45) is 2.19. The first-order valence-electron chi connectivity index (χ1n) is 6.43. The predicted molar refractivity (Wildman–Crippen MR) is 68.7 cm³/mol. The van der Waals surface area contributed by atoms with Gasteiger partial charge in [0.15, 0.2) is 5.75 Å². The molecule has 6 heteroatoms. The van der Waals surface area contributed by atoms with E-state index in [0.717, 1.165) is 12.8 Å². The molecule has 19 heavy (non-hydrogen) atoms. The Hall–Kier alpha value is -1.98. The highest BCUT2D eigenvalue weighted by Gasteiger charge is 2.25. The molecule has 1 N–H and O–H groups in total. The van der Waals surface area contributed by atoms with Crippen molar-refractivity contribution in [3.8, 4) is 11.6 Å². The van der Waals surface area contributed by atoms with Gasteiger partial charge >= 0.3 is 6.09 Å². The third kappa shape index (κ3) is 3.49. The van der Waals surface area contributed by atoms with Crippen molar-refractivity contribution in [2.45, 2.75) is 25.9 Å². The molecule has 0 radical (unpaired) electrons. The fourth-order valence-corrected chi connectivity index (χ4v) is 2.10. The molecule has 104 valence electrons. The molecule has 0 bridgehead atoms. The first-order chi connectivity index (χ1) is 9.20. The normalized spacial score (nSPS) is 19.0. The van der Waals surface area contributed by atoms with E-state index in [-0.39, 0.29) is 6.10 Å². The second-order valence-corrected chi connectivity index (χ2v) is 4.35. The summed E-state index contributed by atoms with van der Waals surface area (Å²) in [6.45, 7) is 3.37. The van der Waals surface area contributed by atoms with Crippen LogP contribution in [-0.4, -0.2) is 46.9 Å². The molecule has 1 aliphatic heterocycles. The van der Waals surface area contributed by atoms with Gasteiger partial charge in [-0.3, -0.25) is 0 Å². The summed E-state index contributed by atoms with van der Waals surface area (Å²) in [6, 6.07) is 3.58. The van der Waals surface area contributed by atoms with E-state index in [1.165, 1.54) is 4.90 Å². The van der Waals surface area contributed by atoms with Gasteiger partial charge in [-0.25, -0.2) is 9.78 Å². The lowest BCUT2D eigenvalue weighted by molar-refractivity contribution is 0.0746. The van der Waals surface area contributed by atoms with Gasteiger partial charge in [-0.05, 0) is 31.9 Å². The number of ether oxygens (including phenoxy) is 2. The maximum absolute atomic E-state index is 11.0. The van der Waals surface area contributed by atoms with Gasteiger partial charge in [0.1, 0.15) is 6.10 Å². The van der Waals surface area contributed by atoms with E-state index in [0.29, 0.717) is 31.3 Å². The molecule has 1 saturated heterocycles. The summed E-state index contributed by atoms with van der Waals surface area (Å²) in [7, 11) is 0. The fraction of sp³-hybridized carbons (Fsp3) is 0.538. The van der Waals surface area contributed by atoms with Gasteiger partial charge in [-0.1, -0.05) is 0 Å². The molecule has 1 amide bonds. The Morgan fingerprint density at radius 3 is 3.21 bits per heavy atom. The minimum absolute atomic E-state index is 0.168. The number of likely N-dealkylation sites (tertiary alicyclic amines) is 1. The fourth-order valence-electron chi connectivity index (χ4n) is 2.10. The van der Waals surface area contributed by atoms with Crippen molar-refractivity contribution in [2.24, 2.45) is 0 Å². The smallest absolute Gasteiger partial charge is 0.407 e. The Morgan fingerprint density at radius 1 is 1.63 bits per heavy atom. The number of hydrogen-bond acceptors (Lipinski definition) is 4. The van der Waals surface area contributed by atoms with Crippen molar-refractivity contribution in [3.05, 3.63) is 18.3 Å². The van der Waals surface area contributed by atoms with E-state index in [4.69, 9.17) is 14.6 Å². The highest BCUT2D eigenvalue weighted by atomic mass is 16.5. The van der Waals surface area contributed by atoms with Gasteiger partial charge in [0.2, 0.25) is 0 Å². The monoisotopic (exact) mass is 266 g/mol. The maximum Gasteiger partial charge on any atom is 0.407 e. The van der Waals surface area contributed by atoms with E-state index >= 15 is 0 Å². The van der Waals surface area contributed by atoms with Crippen molar-refractivity contribution >= 4 is 6.09 Å². The number of rotatable bonds is 4. The molecule has 0 aromatic carbocycles. The number of carbonyl (C=O) groups is 1. The highest BCUT2D eigenvalue weighted by molar-refractivity contribution is 5.65. The lowest BCUT2D eigenvalue weighted by Crippen LogP contribution is -2.43. The van der Waals surface area contributed by atoms with Gasteiger partial charge in [-0.2, -0.15) is 0 Å². The molecule has 1 aliphatic rings. The molecule has 1 atom stereocenters. The Bertz CT molecular complexity index is 438. The van der Waals surface area contributed by atoms with E-state index in [1.807, 2.05) is 6.92 Å². The molecule has 0 spiro atoms.